The summed E-state index contributed by atoms with van der Waals surface area (Å²) in [6.07, 6.45) is -0.675. The summed E-state index contributed by atoms with van der Waals surface area (Å²) in [7, 11) is 0. The van der Waals surface area contributed by atoms with Crippen molar-refractivity contribution in [2.45, 2.75) is 43.4 Å². The number of halogens is 3. The smallest absolute Gasteiger partial charge is 0.370 e. The number of carbonyl (C=O) groups excluding carboxylic acids is 2. The molecule has 0 unspecified atom stereocenters. The number of hydrogen-bond acceptors (Lipinski definition) is 4. The van der Waals surface area contributed by atoms with Crippen LogP contribution in [0.3, 0.4) is 0 Å². The lowest BCUT2D eigenvalue weighted by Gasteiger charge is -2.29. The van der Waals surface area contributed by atoms with E-state index in [9.17, 15) is 22.8 Å². The van der Waals surface area contributed by atoms with Crippen molar-refractivity contribution in [3.05, 3.63) is 113 Å². The Hall–Kier alpha value is -4.64. The van der Waals surface area contributed by atoms with Crippen molar-refractivity contribution < 1.29 is 22.8 Å². The highest BCUT2D eigenvalue weighted by molar-refractivity contribution is 5.92. The van der Waals surface area contributed by atoms with Gasteiger partial charge in [-0.3, -0.25) is 14.6 Å². The normalized spacial score (nSPS) is 17.3. The molecule has 0 aliphatic carbocycles. The summed E-state index contributed by atoms with van der Waals surface area (Å²) < 4.78 is 40.0. The molecule has 3 aromatic rings. The fourth-order valence-corrected chi connectivity index (χ4v) is 5.48. The van der Waals surface area contributed by atoms with Crippen molar-refractivity contribution in [1.82, 2.24) is 15.5 Å². The number of benzene rings is 3. The molecule has 0 aromatic heterocycles. The molecule has 1 heterocycles. The minimum absolute atomic E-state index is 0.0168. The van der Waals surface area contributed by atoms with E-state index in [2.05, 4.69) is 39.9 Å². The van der Waals surface area contributed by atoms with Gasteiger partial charge in [0.2, 0.25) is 11.8 Å². The number of alkyl halides is 3. The van der Waals surface area contributed by atoms with E-state index in [1.807, 2.05) is 41.3 Å². The zero-order valence-electron chi connectivity index (χ0n) is 24.9. The van der Waals surface area contributed by atoms with Gasteiger partial charge in [-0.1, -0.05) is 78.9 Å². The molecule has 1 aliphatic heterocycles. The van der Waals surface area contributed by atoms with Crippen LogP contribution in [0.4, 0.5) is 13.2 Å². The zero-order valence-corrected chi connectivity index (χ0v) is 24.9. The molecule has 0 bridgehead atoms. The number of amides is 2. The molecule has 2 amide bonds. The molecular weight excluding hydrogens is 581 g/mol. The zero-order chi connectivity index (χ0) is 32.2. The Bertz CT molecular complexity index is 1420. The number of hydrogen-bond donors (Lipinski definition) is 4. The Kier molecular flexibility index (Phi) is 11.7. The first-order chi connectivity index (χ1) is 21.6. The van der Waals surface area contributed by atoms with E-state index >= 15 is 0 Å². The highest BCUT2D eigenvalue weighted by Crippen LogP contribution is 2.32. The topological polar surface area (TPSA) is 126 Å². The van der Waals surface area contributed by atoms with E-state index < -0.39 is 23.7 Å². The lowest BCUT2D eigenvalue weighted by molar-refractivity contribution is -0.137. The Morgan fingerprint density at radius 1 is 1.00 bits per heavy atom. The number of carbonyl (C=O) groups is 2. The lowest BCUT2D eigenvalue weighted by Crippen LogP contribution is -2.49. The monoisotopic (exact) mass is 620 g/mol. The molecule has 1 aliphatic rings. The Labute approximate surface area is 261 Å². The van der Waals surface area contributed by atoms with Crippen LogP contribution in [0.5, 0.6) is 0 Å². The van der Waals surface area contributed by atoms with Gasteiger partial charge in [-0.25, -0.2) is 0 Å². The summed E-state index contributed by atoms with van der Waals surface area (Å²) in [5.41, 5.74) is 12.2. The summed E-state index contributed by atoms with van der Waals surface area (Å²) >= 11 is 0. The van der Waals surface area contributed by atoms with Gasteiger partial charge in [-0.05, 0) is 48.1 Å². The number of guanidine groups is 1. The fourth-order valence-electron chi connectivity index (χ4n) is 5.48. The van der Waals surface area contributed by atoms with Crippen molar-refractivity contribution in [3.8, 4) is 0 Å². The second-order valence-corrected chi connectivity index (χ2v) is 11.0. The fraction of sp³-hybridized carbons (Fsp3) is 0.324. The van der Waals surface area contributed by atoms with E-state index in [1.165, 1.54) is 18.2 Å². The molecule has 2 atom stereocenters. The van der Waals surface area contributed by atoms with Crippen molar-refractivity contribution in [2.75, 3.05) is 26.2 Å². The van der Waals surface area contributed by atoms with Crippen LogP contribution in [-0.2, 0) is 15.8 Å². The predicted molar refractivity (Wildman–Crippen MR) is 170 cm³/mol. The third-order valence-electron chi connectivity index (χ3n) is 7.75. The second kappa shape index (κ2) is 15.9. The van der Waals surface area contributed by atoms with Crippen LogP contribution in [0.15, 0.2) is 96.0 Å². The highest BCUT2D eigenvalue weighted by Gasteiger charge is 2.33. The average molecular weight is 621 g/mol. The Morgan fingerprint density at radius 3 is 2.24 bits per heavy atom. The van der Waals surface area contributed by atoms with E-state index in [0.717, 1.165) is 29.3 Å². The van der Waals surface area contributed by atoms with Crippen molar-refractivity contribution in [1.29, 1.82) is 0 Å². The van der Waals surface area contributed by atoms with E-state index in [1.54, 1.807) is 0 Å². The average Bonchev–Trinajstić information content (AvgIpc) is 3.18. The van der Waals surface area contributed by atoms with Crippen LogP contribution >= 0.6 is 0 Å². The number of aliphatic imine (C=N–C) groups is 1. The molecule has 8 nitrogen and oxygen atoms in total. The molecular formula is C34H39F3N6O2. The summed E-state index contributed by atoms with van der Waals surface area (Å²) in [6, 6.07) is 24.4. The van der Waals surface area contributed by atoms with Crippen molar-refractivity contribution in [3.63, 3.8) is 0 Å². The van der Waals surface area contributed by atoms with Gasteiger partial charge >= 0.3 is 6.18 Å². The van der Waals surface area contributed by atoms with Gasteiger partial charge in [0, 0.05) is 44.2 Å². The molecule has 238 valence electrons. The molecule has 0 radical (unpaired) electrons. The van der Waals surface area contributed by atoms with Crippen LogP contribution in [0.25, 0.3) is 6.08 Å². The molecule has 4 rings (SSSR count). The quantitative estimate of drug-likeness (QED) is 0.104. The molecule has 0 saturated carbocycles. The van der Waals surface area contributed by atoms with Gasteiger partial charge in [-0.15, -0.1) is 0 Å². The highest BCUT2D eigenvalue weighted by atomic mass is 19.4. The largest absolute Gasteiger partial charge is 0.416 e. The van der Waals surface area contributed by atoms with Gasteiger partial charge in [0.05, 0.1) is 11.6 Å². The second-order valence-electron chi connectivity index (χ2n) is 11.0. The van der Waals surface area contributed by atoms with Crippen LogP contribution in [0.1, 0.15) is 47.4 Å². The minimum Gasteiger partial charge on any atom is -0.370 e. The molecule has 1 saturated heterocycles. The van der Waals surface area contributed by atoms with Crippen LogP contribution < -0.4 is 22.1 Å². The summed E-state index contributed by atoms with van der Waals surface area (Å²) in [4.78, 5) is 32.5. The van der Waals surface area contributed by atoms with E-state index in [0.29, 0.717) is 38.9 Å². The van der Waals surface area contributed by atoms with Gasteiger partial charge in [-0.2, -0.15) is 13.2 Å². The van der Waals surface area contributed by atoms with Crippen LogP contribution in [-0.4, -0.2) is 60.9 Å². The van der Waals surface area contributed by atoms with Crippen molar-refractivity contribution in [2.24, 2.45) is 16.5 Å². The maximum absolute atomic E-state index is 13.9. The summed E-state index contributed by atoms with van der Waals surface area (Å²) in [5, 5.41) is 6.18. The lowest BCUT2D eigenvalue weighted by atomic mass is 9.90. The number of nitrogens with one attached hydrogen (secondary N) is 2. The molecule has 1 fully saturated rings. The maximum Gasteiger partial charge on any atom is 0.416 e. The molecule has 3 aromatic carbocycles. The van der Waals surface area contributed by atoms with E-state index in [4.69, 9.17) is 11.5 Å². The third kappa shape index (κ3) is 9.94. The van der Waals surface area contributed by atoms with Gasteiger partial charge in [0.25, 0.3) is 0 Å². The van der Waals surface area contributed by atoms with Crippen LogP contribution in [0, 0.1) is 0 Å². The standard InChI is InChI=1S/C34H39F3N6O2/c35-34(36,37)29-15-8-7-14-26(29)17-18-31(44)41-22-27-19-21-43(32(45)30(42-27)16-9-20-40-33(38)39)23-28(24-10-3-1-4-11-24)25-12-5-2-6-13-25/h1-8,10-15,17-18,27-28,30,42H,9,16,19-23H2,(H,41,44)(H4,38,39,40)/t27-,30-/m0/s1. The van der Waals surface area contributed by atoms with E-state index in [-0.39, 0.29) is 35.9 Å². The molecule has 45 heavy (non-hydrogen) atoms. The molecule has 11 heteroatoms. The van der Waals surface area contributed by atoms with Crippen molar-refractivity contribution >= 4 is 23.8 Å². The maximum atomic E-state index is 13.9. The molecule has 6 N–H and O–H groups in total. The Balaban J connectivity index is 1.47. The van der Waals surface area contributed by atoms with Gasteiger partial charge < -0.3 is 27.0 Å². The number of rotatable bonds is 12. The first-order valence-corrected chi connectivity index (χ1v) is 14.9. The van der Waals surface area contributed by atoms with Gasteiger partial charge in [0.15, 0.2) is 5.96 Å². The minimum atomic E-state index is -4.53. The Morgan fingerprint density at radius 2 is 1.62 bits per heavy atom. The number of nitrogens with zero attached hydrogens (tertiary/aromatic N) is 2. The molecule has 0 spiro atoms. The SMILES string of the molecule is NC(N)=NCCC[C@@H]1N[C@H](CNC(=O)C=Cc2ccccc2C(F)(F)F)CCN(CC(c2ccccc2)c2ccccc2)C1=O. The number of nitrogens with two attached hydrogens (primary N) is 2. The summed E-state index contributed by atoms with van der Waals surface area (Å²) in [6.45, 7) is 1.49. The van der Waals surface area contributed by atoms with Crippen LogP contribution in [0.2, 0.25) is 0 Å². The summed E-state index contributed by atoms with van der Waals surface area (Å²) in [5.74, 6) is -0.635. The van der Waals surface area contributed by atoms with Gasteiger partial charge in [0.1, 0.15) is 0 Å². The first-order valence-electron chi connectivity index (χ1n) is 14.9. The first kappa shape index (κ1) is 33.3. The predicted octanol–water partition coefficient (Wildman–Crippen LogP) is 4.28. The third-order valence-corrected chi connectivity index (χ3v) is 7.75.